The molecule has 12 heteroatoms. The Kier molecular flexibility index (Phi) is 6.54. The van der Waals surface area contributed by atoms with Crippen LogP contribution in [0.5, 0.6) is 0 Å². The number of aromatic nitrogens is 5. The number of halogens is 3. The molecule has 9 nitrogen and oxygen atoms in total. The Balaban J connectivity index is 0.000000364. The van der Waals surface area contributed by atoms with E-state index in [9.17, 15) is 18.0 Å². The van der Waals surface area contributed by atoms with Crippen LogP contribution in [-0.2, 0) is 11.8 Å². The fourth-order valence-corrected chi connectivity index (χ4v) is 3.79. The predicted octanol–water partition coefficient (Wildman–Crippen LogP) is 3.39. The van der Waals surface area contributed by atoms with E-state index < -0.39 is 12.1 Å². The molecule has 0 saturated carbocycles. The van der Waals surface area contributed by atoms with E-state index >= 15 is 0 Å². The third-order valence-electron chi connectivity index (χ3n) is 5.61. The summed E-state index contributed by atoms with van der Waals surface area (Å²) in [5.74, 6) is -1.73. The Morgan fingerprint density at radius 2 is 1.80 bits per heavy atom. The summed E-state index contributed by atoms with van der Waals surface area (Å²) in [4.78, 5) is 32.3. The molecule has 1 unspecified atom stereocenters. The Morgan fingerprint density at radius 1 is 1.09 bits per heavy atom. The van der Waals surface area contributed by atoms with Crippen molar-refractivity contribution in [2.45, 2.75) is 18.5 Å². The molecule has 35 heavy (non-hydrogen) atoms. The lowest BCUT2D eigenvalue weighted by Gasteiger charge is -2.16. The summed E-state index contributed by atoms with van der Waals surface area (Å²) in [6.07, 6.45) is 3.24. The number of carboxylic acid groups (broad SMARTS) is 1. The molecule has 1 aliphatic rings. The van der Waals surface area contributed by atoms with E-state index in [1.165, 1.54) is 0 Å². The van der Waals surface area contributed by atoms with Gasteiger partial charge in [0.2, 0.25) is 0 Å². The van der Waals surface area contributed by atoms with Gasteiger partial charge in [0.15, 0.2) is 11.5 Å². The fraction of sp³-hybridized carbons (Fsp3) is 0.261. The normalized spacial score (nSPS) is 15.7. The zero-order chi connectivity index (χ0) is 25.2. The third-order valence-corrected chi connectivity index (χ3v) is 5.61. The van der Waals surface area contributed by atoms with E-state index in [2.05, 4.69) is 4.98 Å². The smallest absolute Gasteiger partial charge is 0.475 e. The van der Waals surface area contributed by atoms with Crippen LogP contribution < -0.4 is 0 Å². The van der Waals surface area contributed by atoms with Gasteiger partial charge in [-0.25, -0.2) is 14.3 Å². The van der Waals surface area contributed by atoms with E-state index in [0.29, 0.717) is 12.2 Å². The molecule has 5 rings (SSSR count). The number of amides is 1. The van der Waals surface area contributed by atoms with Crippen LogP contribution in [0.25, 0.3) is 16.8 Å². The highest BCUT2D eigenvalue weighted by Crippen LogP contribution is 2.27. The molecule has 0 aromatic carbocycles. The van der Waals surface area contributed by atoms with Gasteiger partial charge in [0, 0.05) is 56.4 Å². The van der Waals surface area contributed by atoms with E-state index in [-0.39, 0.29) is 11.8 Å². The van der Waals surface area contributed by atoms with Gasteiger partial charge in [-0.15, -0.1) is 0 Å². The average Bonchev–Trinajstić information content (AvgIpc) is 3.57. The summed E-state index contributed by atoms with van der Waals surface area (Å²) < 4.78 is 35.4. The summed E-state index contributed by atoms with van der Waals surface area (Å²) in [6, 6.07) is 11.7. The second-order valence-corrected chi connectivity index (χ2v) is 7.97. The highest BCUT2D eigenvalue weighted by molar-refractivity contribution is 5.93. The van der Waals surface area contributed by atoms with Gasteiger partial charge in [-0.05, 0) is 48.4 Å². The lowest BCUT2D eigenvalue weighted by atomic mass is 10.1. The number of nitrogens with zero attached hydrogens (tertiary/aromatic N) is 6. The summed E-state index contributed by atoms with van der Waals surface area (Å²) >= 11 is 0. The van der Waals surface area contributed by atoms with Gasteiger partial charge < -0.3 is 14.6 Å². The van der Waals surface area contributed by atoms with Crippen molar-refractivity contribution in [2.75, 3.05) is 13.1 Å². The van der Waals surface area contributed by atoms with Crippen LogP contribution in [0.15, 0.2) is 61.2 Å². The van der Waals surface area contributed by atoms with Gasteiger partial charge in [0.05, 0.1) is 0 Å². The van der Waals surface area contributed by atoms with Crippen LogP contribution >= 0.6 is 0 Å². The molecule has 1 amide bonds. The molecule has 1 aliphatic heterocycles. The number of likely N-dealkylation sites (tertiary alicyclic amines) is 1. The first-order chi connectivity index (χ1) is 16.6. The van der Waals surface area contributed by atoms with Crippen LogP contribution in [0.4, 0.5) is 13.2 Å². The summed E-state index contributed by atoms with van der Waals surface area (Å²) in [5.41, 5.74) is 3.69. The molecule has 1 fully saturated rings. The highest BCUT2D eigenvalue weighted by atomic mass is 19.4. The lowest BCUT2D eigenvalue weighted by Crippen LogP contribution is -2.30. The molecule has 5 heterocycles. The van der Waals surface area contributed by atoms with Crippen LogP contribution in [-0.4, -0.2) is 65.3 Å². The standard InChI is InChI=1S/C21H20N6O.C2HF3O2/c1-25-11-2-3-18(25)21(28)26-12-8-17(13-26)20-23-19-5-4-16(14-27(19)24-20)15-6-9-22-10-7-15;3-2(4,5)1(6)7/h2-7,9-11,14,17H,8,12-13H2,1H3;(H,6,7). The van der Waals surface area contributed by atoms with E-state index in [0.717, 1.165) is 35.6 Å². The second kappa shape index (κ2) is 9.57. The summed E-state index contributed by atoms with van der Waals surface area (Å²) in [7, 11) is 1.89. The minimum atomic E-state index is -5.08. The van der Waals surface area contributed by atoms with E-state index in [1.54, 1.807) is 12.4 Å². The van der Waals surface area contributed by atoms with Crippen LogP contribution in [0, 0.1) is 0 Å². The lowest BCUT2D eigenvalue weighted by molar-refractivity contribution is -0.192. The Morgan fingerprint density at radius 3 is 2.43 bits per heavy atom. The number of hydrogen-bond acceptors (Lipinski definition) is 5. The largest absolute Gasteiger partial charge is 0.490 e. The van der Waals surface area contributed by atoms with Crippen molar-refractivity contribution in [3.8, 4) is 11.1 Å². The monoisotopic (exact) mass is 486 g/mol. The van der Waals surface area contributed by atoms with Crippen molar-refractivity contribution in [1.82, 2.24) is 29.0 Å². The van der Waals surface area contributed by atoms with E-state index in [4.69, 9.17) is 20.0 Å². The number of aryl methyl sites for hydroxylation is 1. The first kappa shape index (κ1) is 23.9. The van der Waals surface area contributed by atoms with Gasteiger partial charge in [0.1, 0.15) is 5.69 Å². The molecule has 4 aromatic heterocycles. The topological polar surface area (TPSA) is 106 Å². The number of fused-ring (bicyclic) bond motifs is 1. The molecular weight excluding hydrogens is 465 g/mol. The first-order valence-electron chi connectivity index (χ1n) is 10.6. The van der Waals surface area contributed by atoms with Gasteiger partial charge in [0.25, 0.3) is 5.91 Å². The number of aliphatic carboxylic acids is 1. The molecule has 1 saturated heterocycles. The Labute approximate surface area is 197 Å². The molecule has 0 radical (unpaired) electrons. The predicted molar refractivity (Wildman–Crippen MR) is 119 cm³/mol. The zero-order valence-electron chi connectivity index (χ0n) is 18.6. The molecule has 1 atom stereocenters. The zero-order valence-corrected chi connectivity index (χ0v) is 18.6. The first-order valence-corrected chi connectivity index (χ1v) is 10.6. The number of carbonyl (C=O) groups is 2. The summed E-state index contributed by atoms with van der Waals surface area (Å²) in [6.45, 7) is 1.38. The fourth-order valence-electron chi connectivity index (χ4n) is 3.79. The van der Waals surface area contributed by atoms with Crippen molar-refractivity contribution in [2.24, 2.45) is 7.05 Å². The van der Waals surface area contributed by atoms with Gasteiger partial charge in [-0.2, -0.15) is 18.3 Å². The number of hydrogen-bond donors (Lipinski definition) is 1. The average molecular weight is 486 g/mol. The van der Waals surface area contributed by atoms with Gasteiger partial charge in [-0.1, -0.05) is 0 Å². The number of carboxylic acids is 1. The van der Waals surface area contributed by atoms with Crippen LogP contribution in [0.1, 0.15) is 28.7 Å². The van der Waals surface area contributed by atoms with E-state index in [1.807, 2.05) is 69.8 Å². The maximum absolute atomic E-state index is 12.7. The minimum absolute atomic E-state index is 0.0683. The quantitative estimate of drug-likeness (QED) is 0.476. The molecule has 182 valence electrons. The van der Waals surface area contributed by atoms with Crippen molar-refractivity contribution < 1.29 is 27.9 Å². The molecular formula is C23H21F3N6O3. The Bertz CT molecular complexity index is 1350. The second-order valence-electron chi connectivity index (χ2n) is 7.97. The maximum atomic E-state index is 12.7. The van der Waals surface area contributed by atoms with Crippen molar-refractivity contribution >= 4 is 17.5 Å². The highest BCUT2D eigenvalue weighted by Gasteiger charge is 2.38. The summed E-state index contributed by atoms with van der Waals surface area (Å²) in [5, 5.41) is 11.8. The van der Waals surface area contributed by atoms with Gasteiger partial charge in [-0.3, -0.25) is 9.78 Å². The molecule has 0 spiro atoms. The third kappa shape index (κ3) is 5.31. The van der Waals surface area contributed by atoms with Gasteiger partial charge >= 0.3 is 12.1 Å². The maximum Gasteiger partial charge on any atom is 0.490 e. The molecule has 0 aliphatic carbocycles. The molecule has 0 bridgehead atoms. The number of rotatable bonds is 3. The SMILES string of the molecule is Cn1cccc1C(=O)N1CCC(c2nc3ccc(-c4ccncc4)cn3n2)C1.O=C(O)C(F)(F)F. The van der Waals surface area contributed by atoms with Crippen molar-refractivity contribution in [1.29, 1.82) is 0 Å². The van der Waals surface area contributed by atoms with Crippen molar-refractivity contribution in [3.05, 3.63) is 72.7 Å². The minimum Gasteiger partial charge on any atom is -0.475 e. The van der Waals surface area contributed by atoms with Crippen LogP contribution in [0.3, 0.4) is 0 Å². The van der Waals surface area contributed by atoms with Crippen molar-refractivity contribution in [3.63, 3.8) is 0 Å². The molecule has 4 aromatic rings. The van der Waals surface area contributed by atoms with Crippen LogP contribution in [0.2, 0.25) is 0 Å². The number of alkyl halides is 3. The Hall–Kier alpha value is -4.22. The number of carbonyl (C=O) groups excluding carboxylic acids is 1. The molecule has 1 N–H and O–H groups in total. The number of pyridine rings is 2.